The Hall–Kier alpha value is -3.46. The van der Waals surface area contributed by atoms with Gasteiger partial charge in [-0.15, -0.1) is 10.2 Å². The molecule has 4 rings (SSSR count). The average Bonchev–Trinajstić information content (AvgIpc) is 3.19. The fourth-order valence-corrected chi connectivity index (χ4v) is 4.17. The highest BCUT2D eigenvalue weighted by atomic mass is 32.2. The van der Waals surface area contributed by atoms with Gasteiger partial charge in [-0.3, -0.25) is 18.6 Å². The summed E-state index contributed by atoms with van der Waals surface area (Å²) in [5, 5.41) is 11.0. The summed E-state index contributed by atoms with van der Waals surface area (Å²) in [7, 11) is 0. The number of thioether (sulfide) groups is 1. The molecule has 1 atom stereocenters. The summed E-state index contributed by atoms with van der Waals surface area (Å²) < 4.78 is 16.2. The summed E-state index contributed by atoms with van der Waals surface area (Å²) in [5.41, 5.74) is 3.39. The second kappa shape index (κ2) is 8.96. The molecule has 0 unspecified atom stereocenters. The highest BCUT2D eigenvalue weighted by Gasteiger charge is 2.22. The lowest BCUT2D eigenvalue weighted by Crippen LogP contribution is -2.25. The van der Waals surface area contributed by atoms with Gasteiger partial charge in [0, 0.05) is 23.8 Å². The van der Waals surface area contributed by atoms with Crippen LogP contribution >= 0.6 is 11.8 Å². The molecule has 32 heavy (non-hydrogen) atoms. The molecule has 0 aliphatic heterocycles. The normalized spacial score (nSPS) is 12.1. The molecule has 7 nitrogen and oxygen atoms in total. The number of fused-ring (bicyclic) bond motifs is 1. The van der Waals surface area contributed by atoms with Crippen molar-refractivity contribution in [1.29, 1.82) is 0 Å². The molecule has 4 aromatic rings. The number of aryl methyl sites for hydroxylation is 2. The zero-order chi connectivity index (χ0) is 22.8. The molecule has 0 aliphatic rings. The number of aromatic nitrogens is 4. The zero-order valence-electron chi connectivity index (χ0n) is 17.9. The predicted molar refractivity (Wildman–Crippen MR) is 123 cm³/mol. The molecule has 2 heterocycles. The third-order valence-corrected chi connectivity index (χ3v) is 6.55. The van der Waals surface area contributed by atoms with Crippen LogP contribution in [0.1, 0.15) is 24.5 Å². The lowest BCUT2D eigenvalue weighted by Gasteiger charge is -2.14. The van der Waals surface area contributed by atoms with Crippen LogP contribution in [-0.4, -0.2) is 30.3 Å². The fourth-order valence-electron chi connectivity index (χ4n) is 3.23. The van der Waals surface area contributed by atoms with Gasteiger partial charge in [-0.25, -0.2) is 4.39 Å². The van der Waals surface area contributed by atoms with E-state index < -0.39 is 5.25 Å². The van der Waals surface area contributed by atoms with Crippen LogP contribution in [0.25, 0.3) is 11.3 Å². The second-order valence-corrected chi connectivity index (χ2v) is 8.60. The Morgan fingerprint density at radius 3 is 2.53 bits per heavy atom. The maximum atomic E-state index is 13.1. The number of carbonyl (C=O) groups is 1. The van der Waals surface area contributed by atoms with E-state index in [-0.39, 0.29) is 22.9 Å². The van der Waals surface area contributed by atoms with Gasteiger partial charge >= 0.3 is 5.56 Å². The summed E-state index contributed by atoms with van der Waals surface area (Å²) in [4.78, 5) is 25.7. The molecule has 0 fully saturated rings. The van der Waals surface area contributed by atoms with Gasteiger partial charge in [0.05, 0.1) is 5.25 Å². The van der Waals surface area contributed by atoms with E-state index in [0.717, 1.165) is 16.8 Å². The first kappa shape index (κ1) is 21.8. The van der Waals surface area contributed by atoms with Crippen LogP contribution in [0.5, 0.6) is 0 Å². The van der Waals surface area contributed by atoms with Crippen molar-refractivity contribution in [2.45, 2.75) is 37.6 Å². The summed E-state index contributed by atoms with van der Waals surface area (Å²) >= 11 is 1.23. The summed E-state index contributed by atoms with van der Waals surface area (Å²) in [5.74, 6) is -0.602. The fraction of sp³-hybridized carbons (Fsp3) is 0.217. The number of anilines is 1. The number of halogens is 1. The third kappa shape index (κ3) is 4.29. The van der Waals surface area contributed by atoms with Crippen molar-refractivity contribution in [2.75, 3.05) is 5.32 Å². The third-order valence-electron chi connectivity index (χ3n) is 5.23. The summed E-state index contributed by atoms with van der Waals surface area (Å²) in [6, 6.07) is 11.4. The van der Waals surface area contributed by atoms with Crippen molar-refractivity contribution >= 4 is 29.0 Å². The minimum Gasteiger partial charge on any atom is -0.325 e. The van der Waals surface area contributed by atoms with Gasteiger partial charge in [-0.05, 0) is 67.8 Å². The second-order valence-electron chi connectivity index (χ2n) is 7.43. The Labute approximate surface area is 188 Å². The van der Waals surface area contributed by atoms with E-state index in [1.807, 2.05) is 39.0 Å². The van der Waals surface area contributed by atoms with Crippen molar-refractivity contribution in [2.24, 2.45) is 0 Å². The van der Waals surface area contributed by atoms with E-state index in [4.69, 9.17) is 0 Å². The summed E-state index contributed by atoms with van der Waals surface area (Å²) in [6.07, 6.45) is 3.93. The molecule has 0 bridgehead atoms. The quantitative estimate of drug-likeness (QED) is 0.446. The number of hydrogen-bond donors (Lipinski definition) is 1. The zero-order valence-corrected chi connectivity index (χ0v) is 18.7. The first-order valence-corrected chi connectivity index (χ1v) is 11.0. The number of nitrogens with one attached hydrogen (secondary N) is 1. The molecule has 1 amide bonds. The van der Waals surface area contributed by atoms with Crippen molar-refractivity contribution in [3.63, 3.8) is 0 Å². The minimum atomic E-state index is -0.463. The number of carbonyl (C=O) groups excluding carboxylic acids is 1. The number of rotatable bonds is 6. The molecule has 2 aromatic heterocycles. The Balaban J connectivity index is 1.59. The number of hydrogen-bond acceptors (Lipinski definition) is 5. The Morgan fingerprint density at radius 2 is 1.84 bits per heavy atom. The highest BCUT2D eigenvalue weighted by molar-refractivity contribution is 8.00. The van der Waals surface area contributed by atoms with Crippen LogP contribution in [0.4, 0.5) is 10.1 Å². The molecule has 164 valence electrons. The molecule has 0 radical (unpaired) electrons. The maximum absolute atomic E-state index is 13.1. The number of benzene rings is 2. The lowest BCUT2D eigenvalue weighted by atomic mass is 10.1. The number of amides is 1. The largest absolute Gasteiger partial charge is 0.325 e. The van der Waals surface area contributed by atoms with E-state index >= 15 is 0 Å². The van der Waals surface area contributed by atoms with Crippen molar-refractivity contribution in [3.8, 4) is 5.69 Å². The van der Waals surface area contributed by atoms with E-state index in [2.05, 4.69) is 15.5 Å². The van der Waals surface area contributed by atoms with Crippen LogP contribution in [0.15, 0.2) is 64.8 Å². The van der Waals surface area contributed by atoms with Crippen LogP contribution in [0.3, 0.4) is 0 Å². The van der Waals surface area contributed by atoms with E-state index in [9.17, 15) is 14.0 Å². The van der Waals surface area contributed by atoms with Gasteiger partial charge in [0.15, 0.2) is 5.16 Å². The molecule has 0 saturated heterocycles. The van der Waals surface area contributed by atoms with Crippen LogP contribution in [-0.2, 0) is 4.79 Å². The average molecular weight is 452 g/mol. The van der Waals surface area contributed by atoms with Gasteiger partial charge in [-0.1, -0.05) is 24.8 Å². The predicted octanol–water partition coefficient (Wildman–Crippen LogP) is 4.15. The van der Waals surface area contributed by atoms with Crippen molar-refractivity contribution in [3.05, 3.63) is 82.2 Å². The number of nitrogens with zero attached hydrogens (tertiary/aromatic N) is 4. The van der Waals surface area contributed by atoms with Gasteiger partial charge in [0.2, 0.25) is 11.6 Å². The topological polar surface area (TPSA) is 81.3 Å². The van der Waals surface area contributed by atoms with Crippen molar-refractivity contribution < 1.29 is 9.18 Å². The smallest absolute Gasteiger partial charge is 0.300 e. The molecule has 0 saturated carbocycles. The van der Waals surface area contributed by atoms with Gasteiger partial charge < -0.3 is 5.32 Å². The monoisotopic (exact) mass is 451 g/mol. The Bertz CT molecular complexity index is 1350. The molecular formula is C23H22FN5O2S. The first-order chi connectivity index (χ1) is 15.4. The van der Waals surface area contributed by atoms with E-state index in [0.29, 0.717) is 17.3 Å². The standard InChI is InChI=1S/C23H22FN5O2S/c1-4-19(21(30)25-17-8-6-16(24)7-9-17)32-23-27-26-20-22(31)28(11-12-29(20)23)18-10-5-14(2)15(3)13-18/h5-13,19H,4H2,1-3H3,(H,25,30)/t19-/m1/s1. The molecule has 9 heteroatoms. The van der Waals surface area contributed by atoms with Crippen LogP contribution in [0.2, 0.25) is 0 Å². The molecular weight excluding hydrogens is 429 g/mol. The Kier molecular flexibility index (Phi) is 6.09. The lowest BCUT2D eigenvalue weighted by molar-refractivity contribution is -0.115. The van der Waals surface area contributed by atoms with E-state index in [1.54, 1.807) is 16.8 Å². The summed E-state index contributed by atoms with van der Waals surface area (Å²) in [6.45, 7) is 5.90. The molecule has 2 aromatic carbocycles. The molecule has 1 N–H and O–H groups in total. The SMILES string of the molecule is CC[C@@H](Sc1nnc2c(=O)n(-c3ccc(C)c(C)c3)ccn12)C(=O)Nc1ccc(F)cc1. The van der Waals surface area contributed by atoms with Gasteiger partial charge in [0.1, 0.15) is 5.82 Å². The molecule has 0 spiro atoms. The first-order valence-electron chi connectivity index (χ1n) is 10.1. The van der Waals surface area contributed by atoms with E-state index in [1.165, 1.54) is 40.6 Å². The minimum absolute atomic E-state index is 0.182. The molecule has 0 aliphatic carbocycles. The van der Waals surface area contributed by atoms with Crippen LogP contribution in [0, 0.1) is 19.7 Å². The highest BCUT2D eigenvalue weighted by Crippen LogP contribution is 2.25. The van der Waals surface area contributed by atoms with Crippen LogP contribution < -0.4 is 10.9 Å². The Morgan fingerprint density at radius 1 is 1.09 bits per heavy atom. The maximum Gasteiger partial charge on any atom is 0.300 e. The van der Waals surface area contributed by atoms with Gasteiger partial charge in [-0.2, -0.15) is 0 Å². The van der Waals surface area contributed by atoms with Crippen molar-refractivity contribution in [1.82, 2.24) is 19.2 Å². The van der Waals surface area contributed by atoms with Gasteiger partial charge in [0.25, 0.3) is 0 Å².